The summed E-state index contributed by atoms with van der Waals surface area (Å²) in [4.78, 5) is 23.2. The van der Waals surface area contributed by atoms with Gasteiger partial charge in [0.2, 0.25) is 5.91 Å². The molecule has 1 rings (SSSR count). The van der Waals surface area contributed by atoms with Gasteiger partial charge in [0.15, 0.2) is 0 Å². The van der Waals surface area contributed by atoms with Gasteiger partial charge < -0.3 is 15.8 Å². The zero-order valence-corrected chi connectivity index (χ0v) is 8.79. The van der Waals surface area contributed by atoms with Crippen molar-refractivity contribution in [3.63, 3.8) is 0 Å². The number of carbonyl (C=O) groups excluding carboxylic acids is 2. The summed E-state index contributed by atoms with van der Waals surface area (Å²) in [6.07, 6.45) is -5.73. The quantitative estimate of drug-likeness (QED) is 0.705. The van der Waals surface area contributed by atoms with Crippen molar-refractivity contribution < 1.29 is 27.5 Å². The SMILES string of the molecule is NCC1CN(CC(=O)NCC(F)(F)F)C(=O)O1. The minimum atomic E-state index is -4.47. The van der Waals surface area contributed by atoms with Gasteiger partial charge in [-0.3, -0.25) is 9.69 Å². The zero-order valence-electron chi connectivity index (χ0n) is 8.79. The number of nitrogens with two attached hydrogens (primary N) is 1. The highest BCUT2D eigenvalue weighted by molar-refractivity contribution is 5.82. The average molecular weight is 255 g/mol. The lowest BCUT2D eigenvalue weighted by atomic mass is 10.3. The fourth-order valence-electron chi connectivity index (χ4n) is 1.25. The highest BCUT2D eigenvalue weighted by Gasteiger charge is 2.33. The Balaban J connectivity index is 2.34. The van der Waals surface area contributed by atoms with Crippen LogP contribution in [0.4, 0.5) is 18.0 Å². The fraction of sp³-hybridized carbons (Fsp3) is 0.750. The van der Waals surface area contributed by atoms with Crippen molar-refractivity contribution in [2.75, 3.05) is 26.2 Å². The first-order valence-electron chi connectivity index (χ1n) is 4.81. The van der Waals surface area contributed by atoms with Crippen LogP contribution < -0.4 is 11.1 Å². The lowest BCUT2D eigenvalue weighted by Gasteiger charge is -2.13. The van der Waals surface area contributed by atoms with Gasteiger partial charge in [-0.15, -0.1) is 0 Å². The summed E-state index contributed by atoms with van der Waals surface area (Å²) in [5.41, 5.74) is 5.25. The molecule has 3 N–H and O–H groups in total. The van der Waals surface area contributed by atoms with E-state index >= 15 is 0 Å². The van der Waals surface area contributed by atoms with Gasteiger partial charge in [-0.2, -0.15) is 13.2 Å². The molecule has 17 heavy (non-hydrogen) atoms. The third kappa shape index (κ3) is 4.47. The van der Waals surface area contributed by atoms with Crippen molar-refractivity contribution in [3.8, 4) is 0 Å². The second kappa shape index (κ2) is 5.21. The molecule has 0 spiro atoms. The van der Waals surface area contributed by atoms with E-state index in [9.17, 15) is 22.8 Å². The molecule has 98 valence electrons. The van der Waals surface area contributed by atoms with E-state index < -0.39 is 37.4 Å². The Hall–Kier alpha value is -1.51. The zero-order chi connectivity index (χ0) is 13.1. The van der Waals surface area contributed by atoms with Crippen LogP contribution in [0.1, 0.15) is 0 Å². The monoisotopic (exact) mass is 255 g/mol. The van der Waals surface area contributed by atoms with E-state index in [4.69, 9.17) is 10.5 Å². The molecule has 1 atom stereocenters. The maximum Gasteiger partial charge on any atom is 0.410 e. The van der Waals surface area contributed by atoms with Crippen LogP contribution in [0.2, 0.25) is 0 Å². The van der Waals surface area contributed by atoms with Crippen molar-refractivity contribution >= 4 is 12.0 Å². The standard InChI is InChI=1S/C8H12F3N3O3/c9-8(10,11)4-13-6(15)3-14-2-5(1-12)17-7(14)16/h5H,1-4,12H2,(H,13,15). The fourth-order valence-corrected chi connectivity index (χ4v) is 1.25. The number of amides is 2. The number of hydrogen-bond donors (Lipinski definition) is 2. The van der Waals surface area contributed by atoms with E-state index in [0.29, 0.717) is 0 Å². The Kier molecular flexibility index (Phi) is 4.16. The molecule has 0 aromatic rings. The highest BCUT2D eigenvalue weighted by atomic mass is 19.4. The number of halogens is 3. The molecule has 6 nitrogen and oxygen atoms in total. The molecule has 0 aliphatic carbocycles. The topological polar surface area (TPSA) is 84.7 Å². The summed E-state index contributed by atoms with van der Waals surface area (Å²) in [5.74, 6) is -0.892. The van der Waals surface area contributed by atoms with Gasteiger partial charge in [-0.25, -0.2) is 4.79 Å². The van der Waals surface area contributed by atoms with Crippen LogP contribution >= 0.6 is 0 Å². The molecule has 0 aromatic carbocycles. The normalized spacial score (nSPS) is 20.4. The molecule has 0 bridgehead atoms. The lowest BCUT2D eigenvalue weighted by molar-refractivity contribution is -0.138. The Morgan fingerprint density at radius 1 is 1.59 bits per heavy atom. The minimum absolute atomic E-state index is 0.104. The van der Waals surface area contributed by atoms with Gasteiger partial charge in [0.1, 0.15) is 19.2 Å². The Morgan fingerprint density at radius 2 is 2.24 bits per heavy atom. The second-order valence-electron chi connectivity index (χ2n) is 3.51. The Bertz CT molecular complexity index is 308. The number of rotatable bonds is 4. The number of carbonyl (C=O) groups is 2. The van der Waals surface area contributed by atoms with E-state index in [-0.39, 0.29) is 13.1 Å². The van der Waals surface area contributed by atoms with Crippen LogP contribution in [-0.4, -0.2) is 55.4 Å². The first-order valence-corrected chi connectivity index (χ1v) is 4.81. The number of ether oxygens (including phenoxy) is 1. The summed E-state index contributed by atoms with van der Waals surface area (Å²) in [6, 6.07) is 0. The first-order chi connectivity index (χ1) is 7.81. The Labute approximate surface area is 94.9 Å². The maximum atomic E-state index is 11.8. The number of nitrogens with one attached hydrogen (secondary N) is 1. The molecule has 1 unspecified atom stereocenters. The van der Waals surface area contributed by atoms with E-state index in [0.717, 1.165) is 4.90 Å². The van der Waals surface area contributed by atoms with Gasteiger partial charge in [-0.05, 0) is 0 Å². The molecule has 0 aromatic heterocycles. The molecule has 2 amide bonds. The van der Waals surface area contributed by atoms with Gasteiger partial charge in [0.05, 0.1) is 6.54 Å². The summed E-state index contributed by atoms with van der Waals surface area (Å²) in [7, 11) is 0. The van der Waals surface area contributed by atoms with Crippen molar-refractivity contribution in [3.05, 3.63) is 0 Å². The van der Waals surface area contributed by atoms with E-state index in [1.54, 1.807) is 5.32 Å². The van der Waals surface area contributed by atoms with Crippen LogP contribution in [0.25, 0.3) is 0 Å². The van der Waals surface area contributed by atoms with E-state index in [1.165, 1.54) is 0 Å². The molecule has 1 fully saturated rings. The van der Waals surface area contributed by atoms with Gasteiger partial charge >= 0.3 is 12.3 Å². The van der Waals surface area contributed by atoms with Crippen molar-refractivity contribution in [2.24, 2.45) is 5.73 Å². The third-order valence-electron chi connectivity index (χ3n) is 2.03. The van der Waals surface area contributed by atoms with Crippen molar-refractivity contribution in [1.82, 2.24) is 10.2 Å². The van der Waals surface area contributed by atoms with Gasteiger partial charge in [0.25, 0.3) is 0 Å². The maximum absolute atomic E-state index is 11.8. The van der Waals surface area contributed by atoms with Crippen molar-refractivity contribution in [2.45, 2.75) is 12.3 Å². The predicted octanol–water partition coefficient (Wildman–Crippen LogP) is -0.556. The van der Waals surface area contributed by atoms with Gasteiger partial charge in [-0.1, -0.05) is 0 Å². The average Bonchev–Trinajstić information content (AvgIpc) is 2.56. The first kappa shape index (κ1) is 13.6. The molecule has 1 aliphatic rings. The van der Waals surface area contributed by atoms with Crippen LogP contribution in [0.5, 0.6) is 0 Å². The smallest absolute Gasteiger partial charge is 0.410 e. The second-order valence-corrected chi connectivity index (χ2v) is 3.51. The van der Waals surface area contributed by atoms with Crippen LogP contribution in [0, 0.1) is 0 Å². The molecule has 1 aliphatic heterocycles. The predicted molar refractivity (Wildman–Crippen MR) is 50.0 cm³/mol. The molecule has 9 heteroatoms. The third-order valence-corrected chi connectivity index (χ3v) is 2.03. The molecule has 0 radical (unpaired) electrons. The van der Waals surface area contributed by atoms with E-state index in [2.05, 4.69) is 0 Å². The Morgan fingerprint density at radius 3 is 2.71 bits per heavy atom. The summed E-state index contributed by atoms with van der Waals surface area (Å²) >= 11 is 0. The highest BCUT2D eigenvalue weighted by Crippen LogP contribution is 2.12. The lowest BCUT2D eigenvalue weighted by Crippen LogP contribution is -2.41. The summed E-state index contributed by atoms with van der Waals surface area (Å²) < 4.78 is 40.1. The van der Waals surface area contributed by atoms with E-state index in [1.807, 2.05) is 0 Å². The number of alkyl halides is 3. The number of hydrogen-bond acceptors (Lipinski definition) is 4. The summed E-state index contributed by atoms with van der Waals surface area (Å²) in [6.45, 7) is -1.68. The van der Waals surface area contributed by atoms with Crippen LogP contribution in [0.3, 0.4) is 0 Å². The van der Waals surface area contributed by atoms with Crippen LogP contribution in [-0.2, 0) is 9.53 Å². The molecular formula is C8H12F3N3O3. The summed E-state index contributed by atoms with van der Waals surface area (Å²) in [5, 5.41) is 1.66. The van der Waals surface area contributed by atoms with Gasteiger partial charge in [0, 0.05) is 6.54 Å². The number of nitrogens with zero attached hydrogens (tertiary/aromatic N) is 1. The van der Waals surface area contributed by atoms with Crippen molar-refractivity contribution in [1.29, 1.82) is 0 Å². The largest absolute Gasteiger partial charge is 0.443 e. The number of cyclic esters (lactones) is 1. The molecule has 1 heterocycles. The molecule has 1 saturated heterocycles. The van der Waals surface area contributed by atoms with Crippen LogP contribution in [0.15, 0.2) is 0 Å². The molecular weight excluding hydrogens is 243 g/mol. The minimum Gasteiger partial charge on any atom is -0.443 e. The molecule has 0 saturated carbocycles.